The minimum Gasteiger partial charge on any atom is -0.456 e. The molecule has 0 bridgehead atoms. The molecule has 4 heterocycles. The van der Waals surface area contributed by atoms with Gasteiger partial charge in [0.25, 0.3) is 11.5 Å². The van der Waals surface area contributed by atoms with E-state index in [1.807, 2.05) is 6.92 Å². The van der Waals surface area contributed by atoms with Gasteiger partial charge in [-0.25, -0.2) is 19.4 Å². The molecule has 12 heteroatoms. The summed E-state index contributed by atoms with van der Waals surface area (Å²) in [4.78, 5) is 48.9. The van der Waals surface area contributed by atoms with Crippen LogP contribution >= 0.6 is 0 Å². The van der Waals surface area contributed by atoms with Crippen molar-refractivity contribution in [1.29, 1.82) is 0 Å². The minimum atomic E-state index is -0.586. The number of nitrogens with zero attached hydrogens (tertiary/aromatic N) is 5. The van der Waals surface area contributed by atoms with E-state index in [9.17, 15) is 14.4 Å². The molecule has 0 radical (unpaired) electrons. The van der Waals surface area contributed by atoms with Crippen LogP contribution in [0.1, 0.15) is 35.8 Å². The highest BCUT2D eigenvalue weighted by molar-refractivity contribution is 6.04. The number of nitrogens with one attached hydrogen (secondary N) is 3. The lowest BCUT2D eigenvalue weighted by Gasteiger charge is -2.16. The highest BCUT2D eigenvalue weighted by atomic mass is 16.5. The predicted octanol–water partition coefficient (Wildman–Crippen LogP) is 3.51. The number of pyridine rings is 2. The molecule has 1 aliphatic heterocycles. The summed E-state index contributed by atoms with van der Waals surface area (Å²) < 4.78 is 8.88. The number of likely N-dealkylation sites (tertiary alicyclic amines) is 1. The number of urea groups is 1. The van der Waals surface area contributed by atoms with Crippen LogP contribution in [0.25, 0.3) is 5.70 Å². The van der Waals surface area contributed by atoms with E-state index in [0.717, 1.165) is 25.9 Å². The first-order valence-corrected chi connectivity index (χ1v) is 12.6. The van der Waals surface area contributed by atoms with Gasteiger partial charge in [0.1, 0.15) is 28.7 Å². The summed E-state index contributed by atoms with van der Waals surface area (Å²) in [6, 6.07) is 6.29. The van der Waals surface area contributed by atoms with Gasteiger partial charge >= 0.3 is 6.03 Å². The summed E-state index contributed by atoms with van der Waals surface area (Å²) in [6.07, 6.45) is 6.45. The van der Waals surface area contributed by atoms with Crippen molar-refractivity contribution in [3.63, 3.8) is 0 Å². The molecule has 3 N–H and O–H groups in total. The Balaban J connectivity index is 1.47. The fraction of sp³-hybridized carbons (Fsp3) is 0.296. The summed E-state index contributed by atoms with van der Waals surface area (Å²) in [7, 11) is 1.74. The quantitative estimate of drug-likeness (QED) is 0.340. The molecule has 3 amide bonds. The van der Waals surface area contributed by atoms with Crippen LogP contribution in [0, 0.1) is 0 Å². The molecule has 0 aromatic carbocycles. The molecule has 1 saturated heterocycles. The minimum absolute atomic E-state index is 0.00313. The number of anilines is 2. The van der Waals surface area contributed by atoms with E-state index in [1.165, 1.54) is 23.2 Å². The first-order valence-electron chi connectivity index (χ1n) is 12.6. The number of hydrogen-bond acceptors (Lipinski definition) is 7. The molecule has 4 rings (SSSR count). The zero-order chi connectivity index (χ0) is 27.9. The van der Waals surface area contributed by atoms with Crippen LogP contribution in [0.3, 0.4) is 0 Å². The van der Waals surface area contributed by atoms with E-state index in [-0.39, 0.29) is 17.4 Å². The first kappa shape index (κ1) is 27.3. The van der Waals surface area contributed by atoms with Gasteiger partial charge in [0.05, 0.1) is 17.6 Å². The lowest BCUT2D eigenvalue weighted by Crippen LogP contribution is -2.32. The van der Waals surface area contributed by atoms with Gasteiger partial charge in [0.15, 0.2) is 0 Å². The van der Waals surface area contributed by atoms with Crippen molar-refractivity contribution < 1.29 is 14.3 Å². The van der Waals surface area contributed by atoms with Gasteiger partial charge in [-0.15, -0.1) is 0 Å². The van der Waals surface area contributed by atoms with Crippen LogP contribution in [0.15, 0.2) is 60.7 Å². The molecule has 0 aliphatic carbocycles. The SMILES string of the molecule is C=CC(=C)n1c(=O)c(C(=O)Nc2ccc(Oc3ccnc(NC(=O)N4CCCC4)c3)cn2)c(CNC)n1CC. The molecule has 1 fully saturated rings. The van der Waals surface area contributed by atoms with Gasteiger partial charge in [-0.2, -0.15) is 0 Å². The highest BCUT2D eigenvalue weighted by Crippen LogP contribution is 2.24. The zero-order valence-electron chi connectivity index (χ0n) is 22.1. The normalized spacial score (nSPS) is 12.7. The van der Waals surface area contributed by atoms with E-state index >= 15 is 0 Å². The Hall–Kier alpha value is -4.71. The molecule has 3 aromatic rings. The molecule has 0 unspecified atom stereocenters. The molecule has 1 aliphatic rings. The standard InChI is InChI=1S/C27H32N8O4/c1-5-18(3)35-26(37)24(21(17-28-4)34(35)6-2)25(36)31-22-10-9-20(16-30-22)39-19-11-12-29-23(15-19)32-27(38)33-13-7-8-14-33/h5,9-12,15-16,28H,1,3,6-8,13-14,17H2,2,4H3,(H,29,32,38)(H,30,31,36). The summed E-state index contributed by atoms with van der Waals surface area (Å²) in [5.74, 6) is 0.905. The Bertz CT molecular complexity index is 1430. The Morgan fingerprint density at radius 2 is 1.87 bits per heavy atom. The molecule has 0 saturated carbocycles. The maximum absolute atomic E-state index is 13.2. The van der Waals surface area contributed by atoms with Crippen molar-refractivity contribution in [2.24, 2.45) is 0 Å². The molecule has 0 spiro atoms. The van der Waals surface area contributed by atoms with Crippen LogP contribution in [0.5, 0.6) is 11.5 Å². The van der Waals surface area contributed by atoms with E-state index in [4.69, 9.17) is 4.74 Å². The summed E-state index contributed by atoms with van der Waals surface area (Å²) in [5, 5.41) is 8.48. The van der Waals surface area contributed by atoms with Crippen LogP contribution < -0.4 is 26.2 Å². The lowest BCUT2D eigenvalue weighted by atomic mass is 10.2. The molecule has 3 aromatic heterocycles. The smallest absolute Gasteiger partial charge is 0.323 e. The molecular formula is C27H32N8O4. The Labute approximate surface area is 226 Å². The van der Waals surface area contributed by atoms with Crippen LogP contribution in [0.2, 0.25) is 0 Å². The van der Waals surface area contributed by atoms with Gasteiger partial charge < -0.3 is 20.3 Å². The number of allylic oxidation sites excluding steroid dienone is 2. The highest BCUT2D eigenvalue weighted by Gasteiger charge is 2.25. The van der Waals surface area contributed by atoms with Gasteiger partial charge in [-0.1, -0.05) is 13.2 Å². The second-order valence-electron chi connectivity index (χ2n) is 8.82. The van der Waals surface area contributed by atoms with Crippen LogP contribution in [-0.4, -0.2) is 56.3 Å². The number of ether oxygens (including phenoxy) is 1. The molecular weight excluding hydrogens is 500 g/mol. The van der Waals surface area contributed by atoms with E-state index in [2.05, 4.69) is 39.1 Å². The maximum atomic E-state index is 13.2. The number of hydrogen-bond donors (Lipinski definition) is 3. The maximum Gasteiger partial charge on any atom is 0.323 e. The average Bonchev–Trinajstić information content (AvgIpc) is 3.56. The van der Waals surface area contributed by atoms with E-state index in [1.54, 1.807) is 40.9 Å². The van der Waals surface area contributed by atoms with Crippen LogP contribution in [0.4, 0.5) is 16.4 Å². The Morgan fingerprint density at radius 3 is 2.51 bits per heavy atom. The van der Waals surface area contributed by atoms with Crippen molar-refractivity contribution >= 4 is 29.3 Å². The number of aromatic nitrogens is 4. The third-order valence-electron chi connectivity index (χ3n) is 6.20. The predicted molar refractivity (Wildman–Crippen MR) is 149 cm³/mol. The van der Waals surface area contributed by atoms with E-state index in [0.29, 0.717) is 41.8 Å². The number of carbonyl (C=O) groups excluding carboxylic acids is 2. The average molecular weight is 533 g/mol. The number of rotatable bonds is 10. The van der Waals surface area contributed by atoms with Crippen molar-refractivity contribution in [1.82, 2.24) is 29.5 Å². The molecule has 12 nitrogen and oxygen atoms in total. The fourth-order valence-corrected chi connectivity index (χ4v) is 4.35. The van der Waals surface area contributed by atoms with Crippen molar-refractivity contribution in [3.05, 3.63) is 77.5 Å². The lowest BCUT2D eigenvalue weighted by molar-refractivity contribution is 0.102. The Kier molecular flexibility index (Phi) is 8.56. The Morgan fingerprint density at radius 1 is 1.10 bits per heavy atom. The first-order chi connectivity index (χ1) is 18.9. The number of amides is 3. The number of carbonyl (C=O) groups is 2. The van der Waals surface area contributed by atoms with Crippen molar-refractivity contribution in [3.8, 4) is 11.5 Å². The zero-order valence-corrected chi connectivity index (χ0v) is 22.1. The molecule has 204 valence electrons. The van der Waals surface area contributed by atoms with Gasteiger partial charge in [-0.3, -0.25) is 19.6 Å². The van der Waals surface area contributed by atoms with E-state index < -0.39 is 11.5 Å². The van der Waals surface area contributed by atoms with Gasteiger partial charge in [0.2, 0.25) is 0 Å². The summed E-state index contributed by atoms with van der Waals surface area (Å²) in [5.41, 5.74) is 0.398. The fourth-order valence-electron chi connectivity index (χ4n) is 4.35. The molecule has 39 heavy (non-hydrogen) atoms. The summed E-state index contributed by atoms with van der Waals surface area (Å²) in [6.45, 7) is 11.7. The second kappa shape index (κ2) is 12.2. The van der Waals surface area contributed by atoms with Crippen LogP contribution in [-0.2, 0) is 13.1 Å². The third-order valence-corrected chi connectivity index (χ3v) is 6.20. The van der Waals surface area contributed by atoms with Crippen molar-refractivity contribution in [2.75, 3.05) is 30.8 Å². The summed E-state index contributed by atoms with van der Waals surface area (Å²) >= 11 is 0. The monoisotopic (exact) mass is 532 g/mol. The second-order valence-corrected chi connectivity index (χ2v) is 8.82. The van der Waals surface area contributed by atoms with Gasteiger partial charge in [-0.05, 0) is 51.1 Å². The third kappa shape index (κ3) is 6.07. The van der Waals surface area contributed by atoms with Gasteiger partial charge in [0, 0.05) is 38.4 Å². The molecule has 0 atom stereocenters. The largest absolute Gasteiger partial charge is 0.456 e. The van der Waals surface area contributed by atoms with Crippen molar-refractivity contribution in [2.45, 2.75) is 32.9 Å². The topological polar surface area (TPSA) is 135 Å².